The molecule has 0 amide bonds. The van der Waals surface area contributed by atoms with Crippen LogP contribution in [-0.4, -0.2) is 6.71 Å². The van der Waals surface area contributed by atoms with Gasteiger partial charge in [-0.3, -0.25) is 0 Å². The third-order valence-electron chi connectivity index (χ3n) is 21.8. The molecule has 1 aromatic heterocycles. The quantitative estimate of drug-likeness (QED) is 0.151. The summed E-state index contributed by atoms with van der Waals surface area (Å²) in [5.74, 6) is 0.288. The van der Waals surface area contributed by atoms with E-state index in [0.717, 1.165) is 19.3 Å². The Bertz CT molecular complexity index is 3890. The SMILES string of the molecule is Cc1cc2c3c(c1)N(c1cccc4c1sc1ccccc14)c1cc4c(cc1B3c1ccc3cc1N2c1cc2c(cc1C)C(C)(C)CCC2(C)c1cc2c(cc1C(C)(C)C)C1(C)CCCCC1(C)C32)C(C)(C)CC4(C)C. The smallest absolute Gasteiger partial charge is 0.252 e. The number of nitrogens with zero attached hydrogens (tertiary/aromatic N) is 2. The van der Waals surface area contributed by atoms with E-state index in [9.17, 15) is 0 Å². The molecule has 0 N–H and O–H groups in total. The van der Waals surface area contributed by atoms with Crippen LogP contribution >= 0.6 is 11.3 Å². The summed E-state index contributed by atoms with van der Waals surface area (Å²) < 4.78 is 2.70. The average Bonchev–Trinajstić information content (AvgIpc) is 3.97. The Morgan fingerprint density at radius 1 is 0.533 bits per heavy atom. The van der Waals surface area contributed by atoms with Crippen LogP contribution in [0, 0.1) is 19.3 Å². The van der Waals surface area contributed by atoms with Crippen molar-refractivity contribution in [3.63, 3.8) is 0 Å². The molecule has 4 atom stereocenters. The summed E-state index contributed by atoms with van der Waals surface area (Å²) in [4.78, 5) is 5.54. The molecule has 75 heavy (non-hydrogen) atoms. The number of fused-ring (bicyclic) bond motifs is 17. The maximum Gasteiger partial charge on any atom is 0.252 e. The fourth-order valence-corrected chi connectivity index (χ4v) is 19.2. The first kappa shape index (κ1) is 46.7. The number of aryl methyl sites for hydroxylation is 2. The Balaban J connectivity index is 1.09. The summed E-state index contributed by atoms with van der Waals surface area (Å²) in [5, 5.41) is 2.69. The Hall–Kier alpha value is -5.58. The van der Waals surface area contributed by atoms with Crippen LogP contribution in [0.3, 0.4) is 0 Å². The van der Waals surface area contributed by atoms with Crippen molar-refractivity contribution in [2.24, 2.45) is 5.41 Å². The molecule has 1 fully saturated rings. The highest BCUT2D eigenvalue weighted by atomic mass is 32.1. The van der Waals surface area contributed by atoms with Crippen molar-refractivity contribution in [3.8, 4) is 0 Å². The van der Waals surface area contributed by atoms with Crippen molar-refractivity contribution >= 4 is 88.7 Å². The zero-order valence-electron chi connectivity index (χ0n) is 47.3. The van der Waals surface area contributed by atoms with Crippen LogP contribution in [0.25, 0.3) is 20.2 Å². The van der Waals surface area contributed by atoms with E-state index in [0.29, 0.717) is 0 Å². The van der Waals surface area contributed by atoms with Crippen LogP contribution in [0.5, 0.6) is 0 Å². The van der Waals surface area contributed by atoms with Gasteiger partial charge in [0.05, 0.1) is 10.4 Å². The lowest BCUT2D eigenvalue weighted by Gasteiger charge is -2.49. The van der Waals surface area contributed by atoms with Gasteiger partial charge in [-0.25, -0.2) is 0 Å². The van der Waals surface area contributed by atoms with Gasteiger partial charge in [-0.15, -0.1) is 11.3 Å². The largest absolute Gasteiger partial charge is 0.311 e. The second kappa shape index (κ2) is 14.5. The summed E-state index contributed by atoms with van der Waals surface area (Å²) in [6, 6.07) is 45.6. The van der Waals surface area contributed by atoms with Gasteiger partial charge in [-0.05, 0) is 198 Å². The maximum atomic E-state index is 2.83. The van der Waals surface area contributed by atoms with Crippen LogP contribution in [0.4, 0.5) is 34.1 Å². The van der Waals surface area contributed by atoms with Gasteiger partial charge in [0.2, 0.25) is 0 Å². The molecule has 0 radical (unpaired) electrons. The summed E-state index contributed by atoms with van der Waals surface area (Å²) in [6.45, 7) is 35.4. The number of rotatable bonds is 1. The van der Waals surface area contributed by atoms with E-state index in [1.807, 2.05) is 11.3 Å². The third kappa shape index (κ3) is 5.84. The first-order valence-electron chi connectivity index (χ1n) is 28.8. The van der Waals surface area contributed by atoms with Crippen LogP contribution in [0.1, 0.15) is 195 Å². The molecule has 0 saturated heterocycles. The topological polar surface area (TPSA) is 6.48 Å². The molecule has 2 nitrogen and oxygen atoms in total. The van der Waals surface area contributed by atoms with Gasteiger partial charge >= 0.3 is 0 Å². The predicted molar refractivity (Wildman–Crippen MR) is 323 cm³/mol. The van der Waals surface area contributed by atoms with E-state index >= 15 is 0 Å². The van der Waals surface area contributed by atoms with Crippen molar-refractivity contribution in [3.05, 3.63) is 170 Å². The van der Waals surface area contributed by atoms with Crippen LogP contribution in [-0.2, 0) is 32.5 Å². The van der Waals surface area contributed by atoms with E-state index in [2.05, 4.69) is 216 Å². The molecule has 7 aromatic carbocycles. The van der Waals surface area contributed by atoms with Crippen molar-refractivity contribution in [2.75, 3.05) is 9.80 Å². The lowest BCUT2D eigenvalue weighted by Crippen LogP contribution is -2.61. The van der Waals surface area contributed by atoms with Gasteiger partial charge in [0, 0.05) is 55.2 Å². The van der Waals surface area contributed by atoms with Gasteiger partial charge in [0.1, 0.15) is 0 Å². The number of hydrogen-bond donors (Lipinski definition) is 0. The van der Waals surface area contributed by atoms with Crippen molar-refractivity contribution < 1.29 is 0 Å². The molecule has 4 heteroatoms. The zero-order valence-corrected chi connectivity index (χ0v) is 48.1. The number of thiophene rings is 1. The maximum absolute atomic E-state index is 2.83. The molecular weight excluding hydrogens is 924 g/mol. The van der Waals surface area contributed by atoms with Crippen LogP contribution in [0.15, 0.2) is 109 Å². The summed E-state index contributed by atoms with van der Waals surface area (Å²) in [6.07, 6.45) is 8.51. The van der Waals surface area contributed by atoms with Gasteiger partial charge in [-0.2, -0.15) is 0 Å². The number of benzene rings is 7. The monoisotopic (exact) mass is 999 g/mol. The minimum Gasteiger partial charge on any atom is -0.311 e. The highest BCUT2D eigenvalue weighted by Gasteiger charge is 2.60. The van der Waals surface area contributed by atoms with Gasteiger partial charge in [0.25, 0.3) is 6.71 Å². The number of anilines is 6. The van der Waals surface area contributed by atoms with Crippen LogP contribution < -0.4 is 26.2 Å². The Labute approximate surface area is 452 Å². The van der Waals surface area contributed by atoms with Crippen LogP contribution in [0.2, 0.25) is 0 Å². The second-order valence-corrected chi connectivity index (χ2v) is 29.9. The minimum atomic E-state index is -0.176. The number of hydrogen-bond acceptors (Lipinski definition) is 3. The van der Waals surface area contributed by atoms with Crippen molar-refractivity contribution in [2.45, 2.75) is 180 Å². The molecule has 15 rings (SSSR count). The van der Waals surface area contributed by atoms with E-state index in [4.69, 9.17) is 0 Å². The Kier molecular flexibility index (Phi) is 9.03. The molecular formula is C71H75BN2S. The van der Waals surface area contributed by atoms with Gasteiger partial charge in [-0.1, -0.05) is 163 Å². The molecule has 0 spiro atoms. The molecule has 3 aliphatic heterocycles. The fourth-order valence-electron chi connectivity index (χ4n) is 18.0. The fraction of sp³-hybridized carbons (Fsp3) is 0.408. The third-order valence-corrected chi connectivity index (χ3v) is 23.1. The lowest BCUT2D eigenvalue weighted by molar-refractivity contribution is 0.0923. The molecule has 7 aliphatic rings. The second-order valence-electron chi connectivity index (χ2n) is 28.8. The molecule has 6 bridgehead atoms. The summed E-state index contributed by atoms with van der Waals surface area (Å²) in [5.41, 5.74) is 29.0. The molecule has 4 heterocycles. The lowest BCUT2D eigenvalue weighted by atomic mass is 9.33. The molecule has 378 valence electrons. The summed E-state index contributed by atoms with van der Waals surface area (Å²) >= 11 is 1.95. The Morgan fingerprint density at radius 2 is 1.20 bits per heavy atom. The average molecular weight is 999 g/mol. The highest BCUT2D eigenvalue weighted by Crippen LogP contribution is 2.69. The van der Waals surface area contributed by atoms with Gasteiger partial charge in [0.15, 0.2) is 0 Å². The molecule has 4 aliphatic carbocycles. The minimum absolute atomic E-state index is 0.0185. The van der Waals surface area contributed by atoms with E-state index in [-0.39, 0.29) is 50.5 Å². The van der Waals surface area contributed by atoms with Crippen molar-refractivity contribution in [1.29, 1.82) is 0 Å². The first-order valence-corrected chi connectivity index (χ1v) is 29.6. The zero-order chi connectivity index (χ0) is 52.1. The van der Waals surface area contributed by atoms with E-state index in [1.54, 1.807) is 22.3 Å². The standard InChI is InChI=1S/C71H75BN2S/c1-40-30-59-63-60(31-40)74-56-38-52-48(32-41(56)2)66(6,7)28-29-69(52,12)51-34-45-46(35-47(51)65(3,4)5)70(13)26-17-18-27-71(70,14)62(45)42-24-25-53(57(74)33-42)72(63)54-36-49-50(68(10,11)39-67(49,8)9)37-58(54)73(59)55-22-19-21-44-43-20-15-16-23-61(43)75-64(44)55/h15-16,19-25,30-38,62H,17-18,26-29,39H2,1-14H3. The summed E-state index contributed by atoms with van der Waals surface area (Å²) in [7, 11) is 0. The van der Waals surface area contributed by atoms with E-state index < -0.39 is 0 Å². The Morgan fingerprint density at radius 3 is 1.96 bits per heavy atom. The highest BCUT2D eigenvalue weighted by molar-refractivity contribution is 7.26. The van der Waals surface area contributed by atoms with Gasteiger partial charge < -0.3 is 9.80 Å². The molecule has 8 aromatic rings. The van der Waals surface area contributed by atoms with E-state index in [1.165, 1.54) is 135 Å². The normalized spacial score (nSPS) is 25.6. The molecule has 4 unspecified atom stereocenters. The van der Waals surface area contributed by atoms with Crippen molar-refractivity contribution in [1.82, 2.24) is 0 Å². The predicted octanol–water partition coefficient (Wildman–Crippen LogP) is 17.7. The first-order chi connectivity index (χ1) is 35.4. The molecule has 1 saturated carbocycles.